The Labute approximate surface area is 153 Å². The summed E-state index contributed by atoms with van der Waals surface area (Å²) < 4.78 is 0. The van der Waals surface area contributed by atoms with Crippen LogP contribution in [0.5, 0.6) is 0 Å². The maximum Gasteiger partial charge on any atom is 0.264 e. The third kappa shape index (κ3) is 3.76. The quantitative estimate of drug-likeness (QED) is 0.822. The van der Waals surface area contributed by atoms with Crippen LogP contribution in [0.15, 0.2) is 41.8 Å². The lowest BCUT2D eigenvalue weighted by Gasteiger charge is -2.37. The number of hydrogen-bond acceptors (Lipinski definition) is 3. The molecular formula is C20H24N2O2S. The van der Waals surface area contributed by atoms with E-state index in [1.54, 1.807) is 0 Å². The maximum absolute atomic E-state index is 13.0. The van der Waals surface area contributed by atoms with Crippen molar-refractivity contribution in [1.29, 1.82) is 0 Å². The standard InChI is InChI=1S/C20H24N2O2S/c1-20(2,3)19(24)22-12-10-21(11-13-22)18(23)17-16(9-14-25-17)15-7-5-4-6-8-15/h4-9,14H,10-13H2,1-3H3. The number of nitrogens with zero attached hydrogens (tertiary/aromatic N) is 2. The van der Waals surface area contributed by atoms with Gasteiger partial charge in [-0.15, -0.1) is 11.3 Å². The van der Waals surface area contributed by atoms with Gasteiger partial charge in [-0.3, -0.25) is 9.59 Å². The topological polar surface area (TPSA) is 40.6 Å². The molecule has 0 spiro atoms. The lowest BCUT2D eigenvalue weighted by atomic mass is 9.94. The molecule has 1 fully saturated rings. The molecule has 1 aliphatic rings. The van der Waals surface area contributed by atoms with E-state index < -0.39 is 0 Å². The molecule has 5 heteroatoms. The molecule has 0 radical (unpaired) electrons. The van der Waals surface area contributed by atoms with E-state index in [0.717, 1.165) is 16.0 Å². The van der Waals surface area contributed by atoms with Gasteiger partial charge in [0.05, 0.1) is 4.88 Å². The molecule has 0 N–H and O–H groups in total. The van der Waals surface area contributed by atoms with E-state index in [4.69, 9.17) is 0 Å². The summed E-state index contributed by atoms with van der Waals surface area (Å²) in [5, 5.41) is 1.97. The second-order valence-corrected chi connectivity index (χ2v) is 8.28. The summed E-state index contributed by atoms with van der Waals surface area (Å²) in [6.07, 6.45) is 0. The number of benzene rings is 1. The summed E-state index contributed by atoms with van der Waals surface area (Å²) in [6, 6.07) is 12.0. The maximum atomic E-state index is 13.0. The Bertz CT molecular complexity index is 754. The minimum Gasteiger partial charge on any atom is -0.339 e. The van der Waals surface area contributed by atoms with Crippen LogP contribution in [0.1, 0.15) is 30.4 Å². The SMILES string of the molecule is CC(C)(C)C(=O)N1CCN(C(=O)c2sccc2-c2ccccc2)CC1. The predicted octanol–water partition coefficient (Wildman–Crippen LogP) is 3.75. The van der Waals surface area contributed by atoms with Gasteiger partial charge in [0.1, 0.15) is 0 Å². The van der Waals surface area contributed by atoms with Crippen molar-refractivity contribution in [2.75, 3.05) is 26.2 Å². The monoisotopic (exact) mass is 356 g/mol. The molecule has 2 heterocycles. The van der Waals surface area contributed by atoms with Gasteiger partial charge in [0.2, 0.25) is 5.91 Å². The predicted molar refractivity (Wildman–Crippen MR) is 102 cm³/mol. The van der Waals surface area contributed by atoms with E-state index in [1.165, 1.54) is 11.3 Å². The average Bonchev–Trinajstić information content (AvgIpc) is 3.10. The van der Waals surface area contributed by atoms with Crippen molar-refractivity contribution in [3.63, 3.8) is 0 Å². The number of hydrogen-bond donors (Lipinski definition) is 0. The largest absolute Gasteiger partial charge is 0.339 e. The van der Waals surface area contributed by atoms with Crippen LogP contribution in [0.2, 0.25) is 0 Å². The van der Waals surface area contributed by atoms with Gasteiger partial charge in [-0.2, -0.15) is 0 Å². The van der Waals surface area contributed by atoms with Crippen molar-refractivity contribution in [3.05, 3.63) is 46.7 Å². The first-order valence-corrected chi connectivity index (χ1v) is 9.47. The van der Waals surface area contributed by atoms with Crippen molar-refractivity contribution >= 4 is 23.2 Å². The molecule has 2 aromatic rings. The zero-order valence-corrected chi connectivity index (χ0v) is 15.8. The van der Waals surface area contributed by atoms with E-state index >= 15 is 0 Å². The Hall–Kier alpha value is -2.14. The highest BCUT2D eigenvalue weighted by Crippen LogP contribution is 2.29. The minimum atomic E-state index is -0.375. The number of amides is 2. The fourth-order valence-electron chi connectivity index (χ4n) is 3.05. The average molecular weight is 356 g/mol. The zero-order valence-electron chi connectivity index (χ0n) is 15.0. The summed E-state index contributed by atoms with van der Waals surface area (Å²) in [5.41, 5.74) is 1.68. The van der Waals surface area contributed by atoms with Crippen LogP contribution >= 0.6 is 11.3 Å². The van der Waals surface area contributed by atoms with Gasteiger partial charge < -0.3 is 9.80 Å². The smallest absolute Gasteiger partial charge is 0.264 e. The van der Waals surface area contributed by atoms with Gasteiger partial charge in [0.15, 0.2) is 0 Å². The van der Waals surface area contributed by atoms with Crippen LogP contribution in [0.25, 0.3) is 11.1 Å². The summed E-state index contributed by atoms with van der Waals surface area (Å²) in [7, 11) is 0. The third-order valence-corrected chi connectivity index (χ3v) is 5.34. The van der Waals surface area contributed by atoms with Crippen molar-refractivity contribution in [1.82, 2.24) is 9.80 Å². The normalized spacial score (nSPS) is 15.3. The molecular weight excluding hydrogens is 332 g/mol. The van der Waals surface area contributed by atoms with Crippen molar-refractivity contribution < 1.29 is 9.59 Å². The molecule has 25 heavy (non-hydrogen) atoms. The second kappa shape index (κ2) is 7.00. The molecule has 4 nitrogen and oxygen atoms in total. The number of rotatable bonds is 2. The van der Waals surface area contributed by atoms with E-state index in [0.29, 0.717) is 26.2 Å². The van der Waals surface area contributed by atoms with Crippen molar-refractivity contribution in [2.45, 2.75) is 20.8 Å². The van der Waals surface area contributed by atoms with Gasteiger partial charge >= 0.3 is 0 Å². The van der Waals surface area contributed by atoms with Crippen LogP contribution in [0.4, 0.5) is 0 Å². The van der Waals surface area contributed by atoms with E-state index in [1.807, 2.05) is 72.3 Å². The van der Waals surface area contributed by atoms with Crippen LogP contribution in [-0.2, 0) is 4.79 Å². The summed E-state index contributed by atoms with van der Waals surface area (Å²) >= 11 is 1.49. The van der Waals surface area contributed by atoms with Gasteiger partial charge in [0.25, 0.3) is 5.91 Å². The highest BCUT2D eigenvalue weighted by Gasteiger charge is 2.31. The molecule has 1 aliphatic heterocycles. The molecule has 3 rings (SSSR count). The molecule has 132 valence electrons. The third-order valence-electron chi connectivity index (χ3n) is 4.44. The van der Waals surface area contributed by atoms with Crippen LogP contribution in [0, 0.1) is 5.41 Å². The first-order valence-electron chi connectivity index (χ1n) is 8.59. The number of thiophene rings is 1. The highest BCUT2D eigenvalue weighted by atomic mass is 32.1. The van der Waals surface area contributed by atoms with E-state index in [-0.39, 0.29) is 17.2 Å². The van der Waals surface area contributed by atoms with Crippen molar-refractivity contribution in [2.24, 2.45) is 5.41 Å². The van der Waals surface area contributed by atoms with Crippen LogP contribution in [-0.4, -0.2) is 47.8 Å². The zero-order chi connectivity index (χ0) is 18.0. The molecule has 0 atom stereocenters. The van der Waals surface area contributed by atoms with Gasteiger partial charge in [-0.1, -0.05) is 51.1 Å². The molecule has 0 bridgehead atoms. The lowest BCUT2D eigenvalue weighted by molar-refractivity contribution is -0.140. The summed E-state index contributed by atoms with van der Waals surface area (Å²) in [4.78, 5) is 29.9. The van der Waals surface area contributed by atoms with E-state index in [2.05, 4.69) is 0 Å². The molecule has 0 unspecified atom stereocenters. The first kappa shape index (κ1) is 17.7. The fraction of sp³-hybridized carbons (Fsp3) is 0.400. The number of carbonyl (C=O) groups is 2. The molecule has 0 saturated carbocycles. The Morgan fingerprint density at radius 3 is 2.12 bits per heavy atom. The molecule has 2 amide bonds. The number of carbonyl (C=O) groups excluding carboxylic acids is 2. The lowest BCUT2D eigenvalue weighted by Crippen LogP contribution is -2.53. The van der Waals surface area contributed by atoms with Gasteiger partial charge in [-0.25, -0.2) is 0 Å². The number of piperazine rings is 1. The van der Waals surface area contributed by atoms with Gasteiger partial charge in [-0.05, 0) is 17.0 Å². The Kier molecular flexibility index (Phi) is 4.95. The fourth-order valence-corrected chi connectivity index (χ4v) is 3.93. The molecule has 1 aromatic heterocycles. The van der Waals surface area contributed by atoms with Crippen LogP contribution in [0.3, 0.4) is 0 Å². The second-order valence-electron chi connectivity index (χ2n) is 7.36. The van der Waals surface area contributed by atoms with Crippen LogP contribution < -0.4 is 0 Å². The molecule has 0 aliphatic carbocycles. The first-order chi connectivity index (χ1) is 11.9. The highest BCUT2D eigenvalue weighted by molar-refractivity contribution is 7.12. The Morgan fingerprint density at radius 1 is 0.920 bits per heavy atom. The Morgan fingerprint density at radius 2 is 1.52 bits per heavy atom. The minimum absolute atomic E-state index is 0.0664. The van der Waals surface area contributed by atoms with E-state index in [9.17, 15) is 9.59 Å². The van der Waals surface area contributed by atoms with Gasteiger partial charge in [0, 0.05) is 37.2 Å². The summed E-state index contributed by atoms with van der Waals surface area (Å²) in [5.74, 6) is 0.220. The molecule has 1 saturated heterocycles. The Balaban J connectivity index is 1.70. The summed E-state index contributed by atoms with van der Waals surface area (Å²) in [6.45, 7) is 8.20. The molecule has 1 aromatic carbocycles. The van der Waals surface area contributed by atoms with Crippen molar-refractivity contribution in [3.8, 4) is 11.1 Å².